The van der Waals surface area contributed by atoms with Gasteiger partial charge in [0.05, 0.1) is 18.1 Å². The van der Waals surface area contributed by atoms with E-state index in [1.165, 1.54) is 18.9 Å². The van der Waals surface area contributed by atoms with E-state index in [9.17, 15) is 9.59 Å². The van der Waals surface area contributed by atoms with Crippen LogP contribution in [0.4, 0.5) is 5.69 Å². The monoisotopic (exact) mass is 552 g/mol. The molecule has 1 fully saturated rings. The normalized spacial score (nSPS) is 15.1. The molecule has 0 unspecified atom stereocenters. The van der Waals surface area contributed by atoms with Crippen molar-refractivity contribution in [1.29, 1.82) is 0 Å². The van der Waals surface area contributed by atoms with Crippen LogP contribution in [0.5, 0.6) is 11.5 Å². The first-order chi connectivity index (χ1) is 17.8. The van der Waals surface area contributed by atoms with Gasteiger partial charge < -0.3 is 14.8 Å². The molecule has 1 atom stereocenters. The maximum atomic E-state index is 13.2. The topological polar surface area (TPSA) is 67.9 Å². The number of ether oxygens (including phenoxy) is 2. The Balaban J connectivity index is 1.43. The zero-order valence-corrected chi connectivity index (χ0v) is 22.9. The molecular formula is C28H25ClN2O4S2. The molecule has 1 aliphatic rings. The molecule has 0 aromatic heterocycles. The number of thiocarbonyl (C=S) groups is 1. The number of rotatable bonds is 8. The van der Waals surface area contributed by atoms with Crippen LogP contribution < -0.4 is 14.8 Å². The minimum absolute atomic E-state index is 0.140. The van der Waals surface area contributed by atoms with Crippen molar-refractivity contribution in [2.75, 3.05) is 19.0 Å². The van der Waals surface area contributed by atoms with Crippen molar-refractivity contribution in [3.8, 4) is 11.5 Å². The SMILES string of the molecule is COc1cc(/C=C2\SC(=S)N([C@H](C)c3ccccc3)C2=O)ccc1OCC(=O)Nc1ccc(C)c(Cl)c1. The molecule has 3 aromatic carbocycles. The van der Waals surface area contributed by atoms with Crippen LogP contribution >= 0.6 is 35.6 Å². The maximum Gasteiger partial charge on any atom is 0.266 e. The van der Waals surface area contributed by atoms with Crippen LogP contribution in [0.25, 0.3) is 6.08 Å². The van der Waals surface area contributed by atoms with Crippen molar-refractivity contribution in [1.82, 2.24) is 4.90 Å². The number of thioether (sulfide) groups is 1. The summed E-state index contributed by atoms with van der Waals surface area (Å²) in [4.78, 5) is 27.7. The third kappa shape index (κ3) is 6.33. The second-order valence-electron chi connectivity index (χ2n) is 8.35. The van der Waals surface area contributed by atoms with E-state index < -0.39 is 0 Å². The van der Waals surface area contributed by atoms with Gasteiger partial charge in [0, 0.05) is 10.7 Å². The van der Waals surface area contributed by atoms with Crippen molar-refractivity contribution < 1.29 is 19.1 Å². The number of methoxy groups -OCH3 is 1. The van der Waals surface area contributed by atoms with E-state index in [1.54, 1.807) is 41.3 Å². The van der Waals surface area contributed by atoms with Crippen LogP contribution in [0.2, 0.25) is 5.02 Å². The van der Waals surface area contributed by atoms with Crippen molar-refractivity contribution in [3.63, 3.8) is 0 Å². The van der Waals surface area contributed by atoms with Gasteiger partial charge in [-0.05, 0) is 60.9 Å². The first kappa shape index (κ1) is 26.7. The molecule has 1 N–H and O–H groups in total. The minimum Gasteiger partial charge on any atom is -0.493 e. The van der Waals surface area contributed by atoms with Crippen LogP contribution in [0.1, 0.15) is 29.7 Å². The molecule has 1 saturated heterocycles. The predicted octanol–water partition coefficient (Wildman–Crippen LogP) is 6.64. The number of anilines is 1. The fourth-order valence-corrected chi connectivity index (χ4v) is 5.35. The van der Waals surface area contributed by atoms with Gasteiger partial charge in [0.15, 0.2) is 18.1 Å². The number of carbonyl (C=O) groups excluding carboxylic acids is 2. The van der Waals surface area contributed by atoms with Gasteiger partial charge in [0.25, 0.3) is 11.8 Å². The number of amides is 2. The Bertz CT molecular complexity index is 1380. The summed E-state index contributed by atoms with van der Waals surface area (Å²) in [5, 5.41) is 3.33. The van der Waals surface area contributed by atoms with Gasteiger partial charge in [0.2, 0.25) is 0 Å². The molecule has 0 radical (unpaired) electrons. The Hall–Kier alpha value is -3.33. The third-order valence-corrected chi connectivity index (χ3v) is 7.53. The first-order valence-electron chi connectivity index (χ1n) is 11.5. The molecule has 4 rings (SSSR count). The quantitative estimate of drug-likeness (QED) is 0.250. The number of nitrogens with one attached hydrogen (secondary N) is 1. The molecule has 3 aromatic rings. The van der Waals surface area contributed by atoms with Crippen molar-refractivity contribution in [2.24, 2.45) is 0 Å². The van der Waals surface area contributed by atoms with Gasteiger partial charge in [-0.1, -0.05) is 78.0 Å². The lowest BCUT2D eigenvalue weighted by molar-refractivity contribution is -0.123. The fraction of sp³-hybridized carbons (Fsp3) is 0.179. The first-order valence-corrected chi connectivity index (χ1v) is 13.1. The highest BCUT2D eigenvalue weighted by molar-refractivity contribution is 8.26. The number of hydrogen-bond donors (Lipinski definition) is 1. The van der Waals surface area contributed by atoms with Crippen LogP contribution in [0, 0.1) is 6.92 Å². The fourth-order valence-electron chi connectivity index (χ4n) is 3.75. The van der Waals surface area contributed by atoms with E-state index in [0.29, 0.717) is 31.4 Å². The highest BCUT2D eigenvalue weighted by Crippen LogP contribution is 2.39. The number of hydrogen-bond acceptors (Lipinski definition) is 6. The molecule has 0 aliphatic carbocycles. The Morgan fingerprint density at radius 1 is 1.14 bits per heavy atom. The molecule has 0 spiro atoms. The molecule has 0 saturated carbocycles. The molecule has 2 amide bonds. The molecule has 37 heavy (non-hydrogen) atoms. The minimum atomic E-state index is -0.331. The average molecular weight is 553 g/mol. The maximum absolute atomic E-state index is 13.2. The number of aryl methyl sites for hydroxylation is 1. The second kappa shape index (κ2) is 11.8. The van der Waals surface area contributed by atoms with E-state index >= 15 is 0 Å². The summed E-state index contributed by atoms with van der Waals surface area (Å²) in [6.45, 7) is 3.64. The largest absolute Gasteiger partial charge is 0.493 e. The van der Waals surface area contributed by atoms with E-state index in [2.05, 4.69) is 5.32 Å². The summed E-state index contributed by atoms with van der Waals surface area (Å²) in [7, 11) is 1.52. The van der Waals surface area contributed by atoms with Gasteiger partial charge in [-0.15, -0.1) is 0 Å². The zero-order valence-electron chi connectivity index (χ0n) is 20.5. The summed E-state index contributed by atoms with van der Waals surface area (Å²) in [5.41, 5.74) is 3.27. The van der Waals surface area contributed by atoms with E-state index in [-0.39, 0.29) is 24.5 Å². The lowest BCUT2D eigenvalue weighted by Gasteiger charge is -2.23. The van der Waals surface area contributed by atoms with Crippen molar-refractivity contribution in [2.45, 2.75) is 19.9 Å². The molecular weight excluding hydrogens is 528 g/mol. The Kier molecular flexibility index (Phi) is 8.53. The van der Waals surface area contributed by atoms with Gasteiger partial charge in [-0.25, -0.2) is 0 Å². The standard InChI is InChI=1S/C28H25ClN2O4S2/c1-17-9-11-21(15-22(17)29)30-26(32)16-35-23-12-10-19(13-24(23)34-3)14-25-27(33)31(28(36)37-25)18(2)20-7-5-4-6-8-20/h4-15,18H,16H2,1-3H3,(H,30,32)/b25-14-/t18-/m1/s1. The van der Waals surface area contributed by atoms with Crippen LogP contribution in [0.15, 0.2) is 71.6 Å². The molecule has 9 heteroatoms. The predicted molar refractivity (Wildman–Crippen MR) is 153 cm³/mol. The molecule has 1 heterocycles. The van der Waals surface area contributed by atoms with Crippen molar-refractivity contribution in [3.05, 3.63) is 93.3 Å². The third-order valence-electron chi connectivity index (χ3n) is 5.79. The Morgan fingerprint density at radius 3 is 2.59 bits per heavy atom. The van der Waals surface area contributed by atoms with E-state index in [1.807, 2.05) is 50.2 Å². The van der Waals surface area contributed by atoms with E-state index in [4.69, 9.17) is 33.3 Å². The second-order valence-corrected chi connectivity index (χ2v) is 10.4. The number of benzene rings is 3. The number of halogens is 1. The number of carbonyl (C=O) groups is 2. The van der Waals surface area contributed by atoms with Gasteiger partial charge in [-0.3, -0.25) is 14.5 Å². The van der Waals surface area contributed by atoms with E-state index in [0.717, 1.165) is 16.7 Å². The van der Waals surface area contributed by atoms with Crippen LogP contribution in [-0.2, 0) is 9.59 Å². The van der Waals surface area contributed by atoms with Crippen LogP contribution in [0.3, 0.4) is 0 Å². The highest BCUT2D eigenvalue weighted by atomic mass is 35.5. The summed E-state index contributed by atoms with van der Waals surface area (Å²) < 4.78 is 11.7. The lowest BCUT2D eigenvalue weighted by atomic mass is 10.1. The van der Waals surface area contributed by atoms with Crippen molar-refractivity contribution >= 4 is 63.5 Å². The summed E-state index contributed by atoms with van der Waals surface area (Å²) in [6.07, 6.45) is 1.77. The summed E-state index contributed by atoms with van der Waals surface area (Å²) in [6, 6.07) is 20.1. The molecule has 0 bridgehead atoms. The van der Waals surface area contributed by atoms with Gasteiger partial charge in [-0.2, -0.15) is 0 Å². The van der Waals surface area contributed by atoms with Crippen LogP contribution in [-0.4, -0.2) is 34.8 Å². The van der Waals surface area contributed by atoms with Gasteiger partial charge >= 0.3 is 0 Å². The molecule has 6 nitrogen and oxygen atoms in total. The smallest absolute Gasteiger partial charge is 0.266 e. The molecule has 190 valence electrons. The lowest BCUT2D eigenvalue weighted by Crippen LogP contribution is -2.30. The van der Waals surface area contributed by atoms with Gasteiger partial charge in [0.1, 0.15) is 4.32 Å². The Morgan fingerprint density at radius 2 is 1.89 bits per heavy atom. The highest BCUT2D eigenvalue weighted by Gasteiger charge is 2.35. The number of nitrogens with zero attached hydrogens (tertiary/aromatic N) is 1. The Labute approximate surface area is 230 Å². The molecule has 1 aliphatic heterocycles. The summed E-state index contributed by atoms with van der Waals surface area (Å²) in [5.74, 6) is 0.371. The zero-order chi connectivity index (χ0) is 26.5. The average Bonchev–Trinajstić information content (AvgIpc) is 3.17. The summed E-state index contributed by atoms with van der Waals surface area (Å²) >= 11 is 12.9.